The largest absolute Gasteiger partial charge is 0.444 e. The van der Waals surface area contributed by atoms with Crippen molar-refractivity contribution < 1.29 is 9.53 Å². The molecule has 1 aliphatic rings. The number of nitrogens with one attached hydrogen (secondary N) is 2. The van der Waals surface area contributed by atoms with E-state index in [-0.39, 0.29) is 6.09 Å². The van der Waals surface area contributed by atoms with E-state index in [1.54, 1.807) is 7.05 Å². The summed E-state index contributed by atoms with van der Waals surface area (Å²) in [6, 6.07) is 8.41. The number of hydrogen-bond acceptors (Lipinski definition) is 3. The van der Waals surface area contributed by atoms with Crippen molar-refractivity contribution in [2.75, 3.05) is 31.6 Å². The third-order valence-corrected chi connectivity index (χ3v) is 3.66. The maximum Gasteiger partial charge on any atom is 0.407 e. The number of aliphatic imine (C=N–C) groups is 1. The molecule has 0 fully saturated rings. The van der Waals surface area contributed by atoms with E-state index in [0.29, 0.717) is 6.54 Å². The lowest BCUT2D eigenvalue weighted by molar-refractivity contribution is 0.0527. The number of nitrogens with zero attached hydrogens (tertiary/aromatic N) is 2. The lowest BCUT2D eigenvalue weighted by Gasteiger charge is -2.22. The van der Waals surface area contributed by atoms with Crippen LogP contribution in [-0.2, 0) is 11.2 Å². The normalized spacial score (nSPS) is 14.3. The number of ether oxygens (including phenoxy) is 1. The van der Waals surface area contributed by atoms with Crippen molar-refractivity contribution in [3.05, 3.63) is 29.8 Å². The minimum Gasteiger partial charge on any atom is -0.444 e. The van der Waals surface area contributed by atoms with Crippen molar-refractivity contribution in [1.82, 2.24) is 10.6 Å². The molecular weight excluding hydrogens is 304 g/mol. The van der Waals surface area contributed by atoms with E-state index in [1.807, 2.05) is 20.8 Å². The molecule has 1 aromatic rings. The van der Waals surface area contributed by atoms with E-state index < -0.39 is 5.60 Å². The summed E-state index contributed by atoms with van der Waals surface area (Å²) in [5.41, 5.74) is 2.11. The van der Waals surface area contributed by atoms with Gasteiger partial charge in [-0.2, -0.15) is 0 Å². The number of carbonyl (C=O) groups is 1. The summed E-state index contributed by atoms with van der Waals surface area (Å²) in [6.45, 7) is 7.80. The SMILES string of the molecule is CN=C(NCCCNC(=O)OC(C)(C)C)N1CCc2ccccc21. The molecule has 0 aliphatic carbocycles. The zero-order chi connectivity index (χ0) is 17.6. The van der Waals surface area contributed by atoms with Gasteiger partial charge in [-0.3, -0.25) is 4.99 Å². The highest BCUT2D eigenvalue weighted by molar-refractivity contribution is 5.97. The number of anilines is 1. The Labute approximate surface area is 144 Å². The first-order chi connectivity index (χ1) is 11.4. The smallest absolute Gasteiger partial charge is 0.407 e. The van der Waals surface area contributed by atoms with Gasteiger partial charge in [-0.15, -0.1) is 0 Å². The summed E-state index contributed by atoms with van der Waals surface area (Å²) in [7, 11) is 1.79. The predicted octanol–water partition coefficient (Wildman–Crippen LogP) is 2.54. The van der Waals surface area contributed by atoms with E-state index in [2.05, 4.69) is 44.8 Å². The van der Waals surface area contributed by atoms with E-state index in [9.17, 15) is 4.79 Å². The Hall–Kier alpha value is -2.24. The third-order valence-electron chi connectivity index (χ3n) is 3.66. The van der Waals surface area contributed by atoms with Crippen molar-refractivity contribution in [2.24, 2.45) is 4.99 Å². The highest BCUT2D eigenvalue weighted by Crippen LogP contribution is 2.27. The predicted molar refractivity (Wildman–Crippen MR) is 97.7 cm³/mol. The zero-order valence-corrected chi connectivity index (χ0v) is 15.1. The van der Waals surface area contributed by atoms with Crippen molar-refractivity contribution in [1.29, 1.82) is 0 Å². The monoisotopic (exact) mass is 332 g/mol. The lowest BCUT2D eigenvalue weighted by Crippen LogP contribution is -2.41. The summed E-state index contributed by atoms with van der Waals surface area (Å²) in [5, 5.41) is 6.12. The second-order valence-electron chi connectivity index (χ2n) is 6.79. The molecule has 0 aromatic heterocycles. The van der Waals surface area contributed by atoms with Crippen molar-refractivity contribution in [3.8, 4) is 0 Å². The van der Waals surface area contributed by atoms with Gasteiger partial charge in [0.25, 0.3) is 0 Å². The molecule has 0 radical (unpaired) electrons. The van der Waals surface area contributed by atoms with Crippen molar-refractivity contribution in [3.63, 3.8) is 0 Å². The van der Waals surface area contributed by atoms with E-state index in [1.165, 1.54) is 11.3 Å². The number of guanidine groups is 1. The Morgan fingerprint density at radius 2 is 1.96 bits per heavy atom. The van der Waals surface area contributed by atoms with Crippen LogP contribution in [0.2, 0.25) is 0 Å². The molecule has 1 amide bonds. The number of alkyl carbamates (subject to hydrolysis) is 1. The fraction of sp³-hybridized carbons (Fsp3) is 0.556. The van der Waals surface area contributed by atoms with Crippen LogP contribution in [0.3, 0.4) is 0 Å². The molecule has 1 aliphatic heterocycles. The van der Waals surface area contributed by atoms with Crippen molar-refractivity contribution in [2.45, 2.75) is 39.2 Å². The maximum absolute atomic E-state index is 11.6. The highest BCUT2D eigenvalue weighted by atomic mass is 16.6. The molecule has 0 bridgehead atoms. The van der Waals surface area contributed by atoms with Gasteiger partial charge in [-0.05, 0) is 45.2 Å². The number of rotatable bonds is 4. The first-order valence-corrected chi connectivity index (χ1v) is 8.43. The van der Waals surface area contributed by atoms with Gasteiger partial charge in [-0.25, -0.2) is 4.79 Å². The molecule has 6 heteroatoms. The minimum atomic E-state index is -0.465. The average molecular weight is 332 g/mol. The second-order valence-corrected chi connectivity index (χ2v) is 6.79. The summed E-state index contributed by atoms with van der Waals surface area (Å²) in [6.07, 6.45) is 1.46. The van der Waals surface area contributed by atoms with Crippen LogP contribution in [-0.4, -0.2) is 44.3 Å². The van der Waals surface area contributed by atoms with Gasteiger partial charge in [0, 0.05) is 32.4 Å². The second kappa shape index (κ2) is 8.04. The van der Waals surface area contributed by atoms with Gasteiger partial charge in [0.1, 0.15) is 5.60 Å². The maximum atomic E-state index is 11.6. The number of amides is 1. The number of hydrogen-bond donors (Lipinski definition) is 2. The fourth-order valence-electron chi connectivity index (χ4n) is 2.65. The fourth-order valence-corrected chi connectivity index (χ4v) is 2.65. The third kappa shape index (κ3) is 5.15. The van der Waals surface area contributed by atoms with Crippen LogP contribution in [0.5, 0.6) is 0 Å². The average Bonchev–Trinajstić information content (AvgIpc) is 2.93. The van der Waals surface area contributed by atoms with Crippen molar-refractivity contribution >= 4 is 17.7 Å². The topological polar surface area (TPSA) is 66.0 Å². The Morgan fingerprint density at radius 1 is 1.25 bits per heavy atom. The Bertz CT molecular complexity index is 593. The van der Waals surface area contributed by atoms with Crippen LogP contribution in [0.1, 0.15) is 32.8 Å². The van der Waals surface area contributed by atoms with Gasteiger partial charge >= 0.3 is 6.09 Å². The van der Waals surface area contributed by atoms with Gasteiger partial charge in [0.15, 0.2) is 5.96 Å². The first-order valence-electron chi connectivity index (χ1n) is 8.43. The molecule has 24 heavy (non-hydrogen) atoms. The van der Waals surface area contributed by atoms with Crippen LogP contribution >= 0.6 is 0 Å². The van der Waals surface area contributed by atoms with Gasteiger partial charge in [0.05, 0.1) is 0 Å². The summed E-state index contributed by atoms with van der Waals surface area (Å²) in [5.74, 6) is 0.872. The minimum absolute atomic E-state index is 0.375. The molecule has 0 saturated carbocycles. The van der Waals surface area contributed by atoms with E-state index >= 15 is 0 Å². The Morgan fingerprint density at radius 3 is 2.67 bits per heavy atom. The molecule has 6 nitrogen and oxygen atoms in total. The quantitative estimate of drug-likeness (QED) is 0.505. The molecule has 2 rings (SSSR count). The summed E-state index contributed by atoms with van der Waals surface area (Å²) >= 11 is 0. The van der Waals surface area contributed by atoms with E-state index in [4.69, 9.17) is 4.74 Å². The molecule has 132 valence electrons. The van der Waals surface area contributed by atoms with Gasteiger partial charge in [0.2, 0.25) is 0 Å². The summed E-state index contributed by atoms with van der Waals surface area (Å²) < 4.78 is 5.20. The number of carbonyl (C=O) groups excluding carboxylic acids is 1. The summed E-state index contributed by atoms with van der Waals surface area (Å²) in [4.78, 5) is 18.1. The Kier molecular flexibility index (Phi) is 6.06. The molecular formula is C18H28N4O2. The first kappa shape index (κ1) is 18.1. The molecule has 0 saturated heterocycles. The number of para-hydroxylation sites is 1. The van der Waals surface area contributed by atoms with E-state index in [0.717, 1.165) is 31.9 Å². The zero-order valence-electron chi connectivity index (χ0n) is 15.1. The molecule has 1 heterocycles. The molecule has 0 unspecified atom stereocenters. The van der Waals surface area contributed by atoms with Gasteiger partial charge in [-0.1, -0.05) is 18.2 Å². The molecule has 2 N–H and O–H groups in total. The van der Waals surface area contributed by atoms with Gasteiger partial charge < -0.3 is 20.3 Å². The Balaban J connectivity index is 1.73. The molecule has 0 atom stereocenters. The lowest BCUT2D eigenvalue weighted by atomic mass is 10.2. The van der Waals surface area contributed by atoms with Crippen LogP contribution < -0.4 is 15.5 Å². The standard InChI is InChI=1S/C18H28N4O2/c1-18(2,3)24-17(23)21-12-7-11-20-16(19-4)22-13-10-14-8-5-6-9-15(14)22/h5-6,8-9H,7,10-13H2,1-4H3,(H,19,20)(H,21,23). The number of fused-ring (bicyclic) bond motifs is 1. The molecule has 0 spiro atoms. The van der Waals surface area contributed by atoms with Crippen LogP contribution in [0.15, 0.2) is 29.3 Å². The molecule has 1 aromatic carbocycles. The van der Waals surface area contributed by atoms with Crippen LogP contribution in [0.4, 0.5) is 10.5 Å². The van der Waals surface area contributed by atoms with Crippen LogP contribution in [0, 0.1) is 0 Å². The number of benzene rings is 1. The highest BCUT2D eigenvalue weighted by Gasteiger charge is 2.22. The van der Waals surface area contributed by atoms with Crippen LogP contribution in [0.25, 0.3) is 0 Å².